The van der Waals surface area contributed by atoms with Crippen molar-refractivity contribution in [3.63, 3.8) is 0 Å². The number of hydrogen-bond acceptors (Lipinski definition) is 5. The van der Waals surface area contributed by atoms with Gasteiger partial charge in [-0.25, -0.2) is 0 Å². The zero-order valence-electron chi connectivity index (χ0n) is 11.0. The Balaban J connectivity index is 1.64. The minimum Gasteiger partial charge on any atom is -0.342 e. The molecule has 20 heavy (non-hydrogen) atoms. The van der Waals surface area contributed by atoms with Crippen LogP contribution in [0.1, 0.15) is 12.8 Å². The first kappa shape index (κ1) is 12.8. The van der Waals surface area contributed by atoms with Crippen LogP contribution in [0.3, 0.4) is 0 Å². The van der Waals surface area contributed by atoms with E-state index in [0.29, 0.717) is 5.82 Å². The second-order valence-corrected chi connectivity index (χ2v) is 4.86. The van der Waals surface area contributed by atoms with Gasteiger partial charge in [0.15, 0.2) is 0 Å². The van der Waals surface area contributed by atoms with E-state index in [9.17, 15) is 4.79 Å². The third-order valence-corrected chi connectivity index (χ3v) is 3.44. The van der Waals surface area contributed by atoms with E-state index in [1.54, 1.807) is 0 Å². The van der Waals surface area contributed by atoms with Crippen LogP contribution in [0.4, 0.5) is 5.69 Å². The van der Waals surface area contributed by atoms with E-state index < -0.39 is 0 Å². The van der Waals surface area contributed by atoms with Gasteiger partial charge in [0.25, 0.3) is 0 Å². The van der Waals surface area contributed by atoms with Crippen molar-refractivity contribution in [2.75, 3.05) is 18.4 Å². The number of hydrogen-bond donors (Lipinski definition) is 2. The number of aromatic nitrogens is 2. The van der Waals surface area contributed by atoms with Crippen molar-refractivity contribution < 1.29 is 9.32 Å². The molecule has 1 amide bonds. The lowest BCUT2D eigenvalue weighted by atomic mass is 9.99. The van der Waals surface area contributed by atoms with E-state index in [4.69, 9.17) is 4.52 Å². The average Bonchev–Trinajstić information content (AvgIpc) is 3.03. The maximum absolute atomic E-state index is 12.1. The standard InChI is InChI=1S/C14H16N4O2/c19-14(11-2-1-7-15-8-11)17-12-5-3-10(4-6-12)13-16-9-20-18-13/h3-6,9,11,15H,1-2,7-8H2,(H,17,19). The summed E-state index contributed by atoms with van der Waals surface area (Å²) in [5, 5.41) is 9.95. The molecular formula is C14H16N4O2. The highest BCUT2D eigenvalue weighted by atomic mass is 16.5. The van der Waals surface area contributed by atoms with E-state index in [1.807, 2.05) is 24.3 Å². The molecule has 3 rings (SSSR count). The molecule has 1 aliphatic heterocycles. The van der Waals surface area contributed by atoms with Gasteiger partial charge >= 0.3 is 0 Å². The Bertz CT molecular complexity index is 559. The molecule has 0 spiro atoms. The molecule has 2 aromatic rings. The van der Waals surface area contributed by atoms with E-state index in [1.165, 1.54) is 6.39 Å². The Kier molecular flexibility index (Phi) is 3.73. The number of benzene rings is 1. The molecule has 6 heteroatoms. The molecule has 1 atom stereocenters. The lowest BCUT2D eigenvalue weighted by Gasteiger charge is -2.21. The molecule has 1 aliphatic rings. The summed E-state index contributed by atoms with van der Waals surface area (Å²) in [6.45, 7) is 1.76. The Morgan fingerprint density at radius 1 is 1.35 bits per heavy atom. The predicted octanol–water partition coefficient (Wildman–Crippen LogP) is 1.67. The highest BCUT2D eigenvalue weighted by Crippen LogP contribution is 2.19. The zero-order valence-corrected chi connectivity index (χ0v) is 11.0. The summed E-state index contributed by atoms with van der Waals surface area (Å²) in [4.78, 5) is 16.1. The van der Waals surface area contributed by atoms with Gasteiger partial charge in [-0.1, -0.05) is 5.16 Å². The van der Waals surface area contributed by atoms with Crippen molar-refractivity contribution in [2.45, 2.75) is 12.8 Å². The molecule has 1 saturated heterocycles. The van der Waals surface area contributed by atoms with Gasteiger partial charge in [0.1, 0.15) is 0 Å². The molecule has 0 aliphatic carbocycles. The number of amides is 1. The van der Waals surface area contributed by atoms with Crippen molar-refractivity contribution in [1.82, 2.24) is 15.5 Å². The Labute approximate surface area is 116 Å². The van der Waals surface area contributed by atoms with E-state index in [-0.39, 0.29) is 11.8 Å². The molecule has 104 valence electrons. The minimum absolute atomic E-state index is 0.0561. The summed E-state index contributed by atoms with van der Waals surface area (Å²) < 4.78 is 4.71. The van der Waals surface area contributed by atoms with Crippen LogP contribution in [0.5, 0.6) is 0 Å². The van der Waals surface area contributed by atoms with Gasteiger partial charge in [0.2, 0.25) is 18.1 Å². The van der Waals surface area contributed by atoms with Gasteiger partial charge in [0, 0.05) is 17.8 Å². The smallest absolute Gasteiger partial charge is 0.228 e. The van der Waals surface area contributed by atoms with Gasteiger partial charge in [-0.15, -0.1) is 0 Å². The molecule has 1 aromatic heterocycles. The van der Waals surface area contributed by atoms with Gasteiger partial charge in [-0.05, 0) is 43.7 Å². The second kappa shape index (κ2) is 5.83. The maximum Gasteiger partial charge on any atom is 0.228 e. The topological polar surface area (TPSA) is 80.1 Å². The van der Waals surface area contributed by atoms with E-state index >= 15 is 0 Å². The minimum atomic E-state index is 0.0561. The van der Waals surface area contributed by atoms with Crippen molar-refractivity contribution >= 4 is 11.6 Å². The first-order valence-corrected chi connectivity index (χ1v) is 6.71. The van der Waals surface area contributed by atoms with Crippen molar-refractivity contribution in [3.05, 3.63) is 30.7 Å². The number of nitrogens with one attached hydrogen (secondary N) is 2. The van der Waals surface area contributed by atoms with E-state index in [0.717, 1.165) is 37.2 Å². The fourth-order valence-corrected chi connectivity index (χ4v) is 2.32. The number of anilines is 1. The van der Waals surface area contributed by atoms with Crippen LogP contribution in [0, 0.1) is 5.92 Å². The van der Waals surface area contributed by atoms with Crippen molar-refractivity contribution in [3.8, 4) is 11.4 Å². The Morgan fingerprint density at radius 2 is 2.20 bits per heavy atom. The summed E-state index contributed by atoms with van der Waals surface area (Å²) in [5.41, 5.74) is 1.64. The lowest BCUT2D eigenvalue weighted by molar-refractivity contribution is -0.120. The molecule has 1 fully saturated rings. The van der Waals surface area contributed by atoms with E-state index in [2.05, 4.69) is 20.8 Å². The van der Waals surface area contributed by atoms with Crippen molar-refractivity contribution in [2.24, 2.45) is 5.92 Å². The highest BCUT2D eigenvalue weighted by molar-refractivity contribution is 5.92. The first-order chi connectivity index (χ1) is 9.83. The normalized spacial score (nSPS) is 18.7. The van der Waals surface area contributed by atoms with Crippen molar-refractivity contribution in [1.29, 1.82) is 0 Å². The summed E-state index contributed by atoms with van der Waals surface area (Å²) >= 11 is 0. The molecule has 0 radical (unpaired) electrons. The maximum atomic E-state index is 12.1. The number of carbonyl (C=O) groups is 1. The van der Waals surface area contributed by atoms with Gasteiger partial charge in [0.05, 0.1) is 5.92 Å². The molecule has 2 N–H and O–H groups in total. The quantitative estimate of drug-likeness (QED) is 0.888. The molecule has 1 aromatic carbocycles. The molecular weight excluding hydrogens is 256 g/mol. The van der Waals surface area contributed by atoms with Crippen LogP contribution >= 0.6 is 0 Å². The summed E-state index contributed by atoms with van der Waals surface area (Å²) in [6, 6.07) is 7.42. The third-order valence-electron chi connectivity index (χ3n) is 3.44. The average molecular weight is 272 g/mol. The van der Waals surface area contributed by atoms with Crippen LogP contribution < -0.4 is 10.6 Å². The predicted molar refractivity (Wildman–Crippen MR) is 74.0 cm³/mol. The lowest BCUT2D eigenvalue weighted by Crippen LogP contribution is -2.37. The molecule has 0 bridgehead atoms. The summed E-state index contributed by atoms with van der Waals surface area (Å²) in [6.07, 6.45) is 3.29. The largest absolute Gasteiger partial charge is 0.342 e. The van der Waals surface area contributed by atoms with Gasteiger partial charge in [-0.2, -0.15) is 4.98 Å². The number of rotatable bonds is 3. The summed E-state index contributed by atoms with van der Waals surface area (Å²) in [7, 11) is 0. The van der Waals surface area contributed by atoms with Crippen LogP contribution in [0.25, 0.3) is 11.4 Å². The number of carbonyl (C=O) groups excluding carboxylic acids is 1. The first-order valence-electron chi connectivity index (χ1n) is 6.71. The van der Waals surface area contributed by atoms with Crippen LogP contribution in [-0.4, -0.2) is 29.1 Å². The molecule has 2 heterocycles. The number of nitrogens with zero attached hydrogens (tertiary/aromatic N) is 2. The van der Waals surface area contributed by atoms with Crippen LogP contribution in [0.2, 0.25) is 0 Å². The van der Waals surface area contributed by atoms with Crippen LogP contribution in [0.15, 0.2) is 35.2 Å². The Morgan fingerprint density at radius 3 is 2.85 bits per heavy atom. The highest BCUT2D eigenvalue weighted by Gasteiger charge is 2.20. The summed E-state index contributed by atoms with van der Waals surface area (Å²) in [5.74, 6) is 0.671. The molecule has 0 saturated carbocycles. The SMILES string of the molecule is O=C(Nc1ccc(-c2ncon2)cc1)C1CCCNC1. The van der Waals surface area contributed by atoms with Crippen LogP contribution in [-0.2, 0) is 4.79 Å². The molecule has 6 nitrogen and oxygen atoms in total. The molecule has 1 unspecified atom stereocenters. The fraction of sp³-hybridized carbons (Fsp3) is 0.357. The Hall–Kier alpha value is -2.21. The van der Waals surface area contributed by atoms with Gasteiger partial charge in [-0.3, -0.25) is 4.79 Å². The monoisotopic (exact) mass is 272 g/mol. The number of piperidine rings is 1. The zero-order chi connectivity index (χ0) is 13.8. The third kappa shape index (κ3) is 2.85. The van der Waals surface area contributed by atoms with Gasteiger partial charge < -0.3 is 15.2 Å². The second-order valence-electron chi connectivity index (χ2n) is 4.86. The fourth-order valence-electron chi connectivity index (χ4n) is 2.32.